The van der Waals surface area contributed by atoms with Gasteiger partial charge in [-0.25, -0.2) is 0 Å². The summed E-state index contributed by atoms with van der Waals surface area (Å²) in [5.41, 5.74) is 0. The highest BCUT2D eigenvalue weighted by atomic mass is 16.5. The Morgan fingerprint density at radius 3 is 2.47 bits per heavy atom. The van der Waals surface area contributed by atoms with Gasteiger partial charge >= 0.3 is 5.97 Å². The monoisotopic (exact) mass is 243 g/mol. The summed E-state index contributed by atoms with van der Waals surface area (Å²) in [5, 5.41) is 8.76. The van der Waals surface area contributed by atoms with Crippen LogP contribution < -0.4 is 0 Å². The summed E-state index contributed by atoms with van der Waals surface area (Å²) in [6.45, 7) is 5.48. The Hall–Kier alpha value is -1.10. The summed E-state index contributed by atoms with van der Waals surface area (Å²) in [4.78, 5) is 24.6. The van der Waals surface area contributed by atoms with Gasteiger partial charge in [0, 0.05) is 31.7 Å². The van der Waals surface area contributed by atoms with E-state index < -0.39 is 5.97 Å². The number of carboxylic acid groups (broad SMARTS) is 1. The first-order chi connectivity index (χ1) is 8.06. The number of amides is 1. The summed E-state index contributed by atoms with van der Waals surface area (Å²) in [7, 11) is 0. The molecule has 1 rings (SSSR count). The van der Waals surface area contributed by atoms with Crippen LogP contribution in [0.2, 0.25) is 0 Å². The van der Waals surface area contributed by atoms with Gasteiger partial charge in [0.25, 0.3) is 0 Å². The van der Waals surface area contributed by atoms with Crippen molar-refractivity contribution in [3.63, 3.8) is 0 Å². The molecule has 0 saturated carbocycles. The van der Waals surface area contributed by atoms with Gasteiger partial charge in [0.2, 0.25) is 5.91 Å². The van der Waals surface area contributed by atoms with Gasteiger partial charge in [-0.1, -0.05) is 0 Å². The van der Waals surface area contributed by atoms with E-state index in [1.165, 1.54) is 0 Å². The molecule has 1 atom stereocenters. The first kappa shape index (κ1) is 14.0. The normalized spacial score (nSPS) is 18.7. The van der Waals surface area contributed by atoms with E-state index in [1.54, 1.807) is 11.8 Å². The Labute approximate surface area is 102 Å². The van der Waals surface area contributed by atoms with Crippen molar-refractivity contribution in [3.8, 4) is 0 Å². The van der Waals surface area contributed by atoms with Crippen molar-refractivity contribution < 1.29 is 19.4 Å². The second-order valence-electron chi connectivity index (χ2n) is 4.46. The molecule has 5 heteroatoms. The molecule has 1 saturated heterocycles. The molecule has 1 aliphatic rings. The molecule has 0 aromatic carbocycles. The van der Waals surface area contributed by atoms with Crippen LogP contribution in [0, 0.1) is 5.92 Å². The molecule has 0 aliphatic carbocycles. The fourth-order valence-corrected chi connectivity index (χ4v) is 2.23. The number of ether oxygens (including phenoxy) is 1. The summed E-state index contributed by atoms with van der Waals surface area (Å²) in [5.74, 6) is -0.791. The van der Waals surface area contributed by atoms with E-state index in [0.29, 0.717) is 19.8 Å². The van der Waals surface area contributed by atoms with E-state index in [-0.39, 0.29) is 24.3 Å². The van der Waals surface area contributed by atoms with Crippen LogP contribution in [0.15, 0.2) is 0 Å². The molecular formula is C12H21NO4. The highest BCUT2D eigenvalue weighted by Gasteiger charge is 2.28. The standard InChI is InChI=1S/C12H21NO4/c1-3-13(9(2)8-11(14)15)12(16)10-4-6-17-7-5-10/h9-10H,3-8H2,1-2H3,(H,14,15). The van der Waals surface area contributed by atoms with Crippen LogP contribution in [-0.4, -0.2) is 47.7 Å². The zero-order valence-electron chi connectivity index (χ0n) is 10.5. The fourth-order valence-electron chi connectivity index (χ4n) is 2.23. The van der Waals surface area contributed by atoms with E-state index in [2.05, 4.69) is 0 Å². The Morgan fingerprint density at radius 1 is 1.41 bits per heavy atom. The highest BCUT2D eigenvalue weighted by molar-refractivity contribution is 5.80. The molecule has 1 N–H and O–H groups in total. The van der Waals surface area contributed by atoms with Crippen molar-refractivity contribution in [1.29, 1.82) is 0 Å². The average Bonchev–Trinajstić information content (AvgIpc) is 2.30. The largest absolute Gasteiger partial charge is 0.481 e. The van der Waals surface area contributed by atoms with Gasteiger partial charge in [0.05, 0.1) is 6.42 Å². The molecule has 0 aromatic rings. The molecule has 98 valence electrons. The number of carbonyl (C=O) groups is 2. The van der Waals surface area contributed by atoms with Crippen molar-refractivity contribution in [2.75, 3.05) is 19.8 Å². The first-order valence-electron chi connectivity index (χ1n) is 6.16. The number of hydrogen-bond acceptors (Lipinski definition) is 3. The van der Waals surface area contributed by atoms with Gasteiger partial charge in [-0.15, -0.1) is 0 Å². The van der Waals surface area contributed by atoms with Crippen LogP contribution in [0.4, 0.5) is 0 Å². The lowest BCUT2D eigenvalue weighted by Gasteiger charge is -2.32. The Kier molecular flexibility index (Phi) is 5.41. The van der Waals surface area contributed by atoms with E-state index in [4.69, 9.17) is 9.84 Å². The minimum atomic E-state index is -0.865. The van der Waals surface area contributed by atoms with Crippen molar-refractivity contribution in [2.45, 2.75) is 39.2 Å². The minimum Gasteiger partial charge on any atom is -0.481 e. The van der Waals surface area contributed by atoms with E-state index >= 15 is 0 Å². The van der Waals surface area contributed by atoms with Crippen LogP contribution in [-0.2, 0) is 14.3 Å². The van der Waals surface area contributed by atoms with Crippen molar-refractivity contribution in [3.05, 3.63) is 0 Å². The van der Waals surface area contributed by atoms with E-state index in [0.717, 1.165) is 12.8 Å². The number of carboxylic acids is 1. The van der Waals surface area contributed by atoms with Crippen LogP contribution >= 0.6 is 0 Å². The van der Waals surface area contributed by atoms with Gasteiger partial charge in [0.1, 0.15) is 0 Å². The molecule has 1 fully saturated rings. The van der Waals surface area contributed by atoms with Crippen LogP contribution in [0.25, 0.3) is 0 Å². The molecule has 1 unspecified atom stereocenters. The fraction of sp³-hybridized carbons (Fsp3) is 0.833. The topological polar surface area (TPSA) is 66.8 Å². The van der Waals surface area contributed by atoms with Crippen molar-refractivity contribution >= 4 is 11.9 Å². The molecule has 17 heavy (non-hydrogen) atoms. The van der Waals surface area contributed by atoms with Crippen molar-refractivity contribution in [2.24, 2.45) is 5.92 Å². The molecule has 0 radical (unpaired) electrons. The SMILES string of the molecule is CCN(C(=O)C1CCOCC1)C(C)CC(=O)O. The average molecular weight is 243 g/mol. The maximum Gasteiger partial charge on any atom is 0.305 e. The highest BCUT2D eigenvalue weighted by Crippen LogP contribution is 2.19. The summed E-state index contributed by atoms with van der Waals surface area (Å²) < 4.78 is 5.22. The maximum atomic E-state index is 12.2. The van der Waals surface area contributed by atoms with Gasteiger partial charge in [-0.3, -0.25) is 9.59 Å². The maximum absolute atomic E-state index is 12.2. The Bertz CT molecular complexity index is 274. The second-order valence-corrected chi connectivity index (χ2v) is 4.46. The van der Waals surface area contributed by atoms with Crippen LogP contribution in [0.3, 0.4) is 0 Å². The minimum absolute atomic E-state index is 0.0000510. The van der Waals surface area contributed by atoms with E-state index in [1.807, 2.05) is 6.92 Å². The number of carbonyl (C=O) groups excluding carboxylic acids is 1. The van der Waals surface area contributed by atoms with Gasteiger partial charge in [0.15, 0.2) is 0 Å². The van der Waals surface area contributed by atoms with Crippen molar-refractivity contribution in [1.82, 2.24) is 4.90 Å². The number of nitrogens with zero attached hydrogens (tertiary/aromatic N) is 1. The molecule has 1 heterocycles. The summed E-state index contributed by atoms with van der Waals surface area (Å²) in [6.07, 6.45) is 1.49. The van der Waals surface area contributed by atoms with Crippen LogP contribution in [0.5, 0.6) is 0 Å². The number of hydrogen-bond donors (Lipinski definition) is 1. The molecule has 0 bridgehead atoms. The predicted octanol–water partition coefficient (Wildman–Crippen LogP) is 1.12. The number of aliphatic carboxylic acids is 1. The lowest BCUT2D eigenvalue weighted by Crippen LogP contribution is -2.44. The van der Waals surface area contributed by atoms with Gasteiger partial charge < -0.3 is 14.7 Å². The third-order valence-corrected chi connectivity index (χ3v) is 3.20. The predicted molar refractivity (Wildman–Crippen MR) is 62.6 cm³/mol. The summed E-state index contributed by atoms with van der Waals surface area (Å²) in [6, 6.07) is -0.243. The zero-order chi connectivity index (χ0) is 12.8. The second kappa shape index (κ2) is 6.59. The summed E-state index contributed by atoms with van der Waals surface area (Å²) >= 11 is 0. The molecule has 1 aliphatic heterocycles. The Balaban J connectivity index is 2.58. The first-order valence-corrected chi connectivity index (χ1v) is 6.16. The molecular weight excluding hydrogens is 222 g/mol. The lowest BCUT2D eigenvalue weighted by molar-refractivity contribution is -0.143. The molecule has 5 nitrogen and oxygen atoms in total. The molecule has 1 amide bonds. The van der Waals surface area contributed by atoms with Crippen LogP contribution in [0.1, 0.15) is 33.1 Å². The van der Waals surface area contributed by atoms with Gasteiger partial charge in [-0.05, 0) is 26.7 Å². The zero-order valence-corrected chi connectivity index (χ0v) is 10.5. The lowest BCUT2D eigenvalue weighted by atomic mass is 9.97. The molecule has 0 aromatic heterocycles. The third-order valence-electron chi connectivity index (χ3n) is 3.20. The quantitative estimate of drug-likeness (QED) is 0.786. The smallest absolute Gasteiger partial charge is 0.305 e. The third kappa shape index (κ3) is 4.00. The molecule has 0 spiro atoms. The van der Waals surface area contributed by atoms with E-state index in [9.17, 15) is 9.59 Å². The number of rotatable bonds is 5. The Morgan fingerprint density at radius 2 is 2.00 bits per heavy atom. The van der Waals surface area contributed by atoms with Gasteiger partial charge in [-0.2, -0.15) is 0 Å².